The van der Waals surface area contributed by atoms with Crippen LogP contribution in [-0.2, 0) is 0 Å². The maximum Gasteiger partial charge on any atom is 0.318 e. The van der Waals surface area contributed by atoms with E-state index >= 15 is 0 Å². The Morgan fingerprint density at radius 2 is 2.31 bits per heavy atom. The summed E-state index contributed by atoms with van der Waals surface area (Å²) in [5.74, 6) is 0. The van der Waals surface area contributed by atoms with Crippen LogP contribution in [0.3, 0.4) is 0 Å². The molecule has 0 spiro atoms. The molecule has 0 aromatic heterocycles. The molecular weight excluding hydrogens is 164 g/mol. The summed E-state index contributed by atoms with van der Waals surface area (Å²) in [6.07, 6.45) is 6.60. The van der Waals surface area contributed by atoms with Gasteiger partial charge in [0.2, 0.25) is 0 Å². The van der Waals surface area contributed by atoms with Crippen LogP contribution < -0.4 is 5.32 Å². The molecule has 0 aromatic rings. The fraction of sp³-hybridized carbons (Fsp3) is 0.700. The molecule has 2 unspecified atom stereocenters. The van der Waals surface area contributed by atoms with Gasteiger partial charge in [-0.2, -0.15) is 0 Å². The summed E-state index contributed by atoms with van der Waals surface area (Å²) in [5.41, 5.74) is 0. The van der Waals surface area contributed by atoms with Crippen LogP contribution in [0.5, 0.6) is 0 Å². The van der Waals surface area contributed by atoms with E-state index in [0.717, 1.165) is 12.8 Å². The van der Waals surface area contributed by atoms with Crippen LogP contribution in [0.15, 0.2) is 12.7 Å². The van der Waals surface area contributed by atoms with Gasteiger partial charge in [0, 0.05) is 6.54 Å². The molecule has 72 valence electrons. The lowest BCUT2D eigenvalue weighted by atomic mass is 9.91. The number of amides is 2. The van der Waals surface area contributed by atoms with Crippen molar-refractivity contribution in [3.63, 3.8) is 0 Å². The number of fused-ring (bicyclic) bond motifs is 1. The second kappa shape index (κ2) is 3.40. The number of hydrogen-bond acceptors (Lipinski definition) is 1. The van der Waals surface area contributed by atoms with Gasteiger partial charge in [0.1, 0.15) is 0 Å². The molecule has 1 saturated heterocycles. The lowest BCUT2D eigenvalue weighted by Crippen LogP contribution is -2.38. The summed E-state index contributed by atoms with van der Waals surface area (Å²) in [4.78, 5) is 13.4. The zero-order chi connectivity index (χ0) is 9.26. The van der Waals surface area contributed by atoms with Crippen molar-refractivity contribution in [3.05, 3.63) is 12.7 Å². The predicted octanol–water partition coefficient (Wildman–Crippen LogP) is 1.51. The van der Waals surface area contributed by atoms with E-state index in [1.165, 1.54) is 12.8 Å². The first-order valence-corrected chi connectivity index (χ1v) is 5.01. The van der Waals surface area contributed by atoms with E-state index in [4.69, 9.17) is 0 Å². The molecule has 2 fully saturated rings. The van der Waals surface area contributed by atoms with Crippen LogP contribution in [0.2, 0.25) is 0 Å². The third-order valence-corrected chi connectivity index (χ3v) is 3.03. The minimum atomic E-state index is 0.0943. The van der Waals surface area contributed by atoms with Crippen LogP contribution >= 0.6 is 0 Å². The van der Waals surface area contributed by atoms with E-state index in [0.29, 0.717) is 18.6 Å². The van der Waals surface area contributed by atoms with Crippen molar-refractivity contribution in [3.8, 4) is 0 Å². The molecule has 1 saturated carbocycles. The molecule has 0 bridgehead atoms. The zero-order valence-electron chi connectivity index (χ0n) is 7.83. The zero-order valence-corrected chi connectivity index (χ0v) is 7.83. The van der Waals surface area contributed by atoms with Crippen molar-refractivity contribution in [2.75, 3.05) is 6.54 Å². The Morgan fingerprint density at radius 3 is 3.08 bits per heavy atom. The maximum atomic E-state index is 11.5. The van der Waals surface area contributed by atoms with Gasteiger partial charge >= 0.3 is 6.03 Å². The Labute approximate surface area is 78.8 Å². The molecule has 3 heteroatoms. The van der Waals surface area contributed by atoms with Gasteiger partial charge < -0.3 is 10.2 Å². The highest BCUT2D eigenvalue weighted by Crippen LogP contribution is 2.27. The van der Waals surface area contributed by atoms with Gasteiger partial charge in [-0.15, -0.1) is 6.58 Å². The molecular formula is C10H16N2O. The van der Waals surface area contributed by atoms with Crippen molar-refractivity contribution in [2.45, 2.75) is 37.8 Å². The van der Waals surface area contributed by atoms with Crippen LogP contribution in [0.1, 0.15) is 25.7 Å². The van der Waals surface area contributed by atoms with Gasteiger partial charge in [-0.25, -0.2) is 4.79 Å². The standard InChI is InChI=1S/C10H16N2O/c1-2-7-12-9-6-4-3-5-8(9)11-10(12)13/h2,8-9H,1,3-7H2,(H,11,13). The molecule has 2 rings (SSSR count). The molecule has 2 aliphatic rings. The normalized spacial score (nSPS) is 32.6. The summed E-state index contributed by atoms with van der Waals surface area (Å²) in [6, 6.07) is 0.928. The quantitative estimate of drug-likeness (QED) is 0.642. The summed E-state index contributed by atoms with van der Waals surface area (Å²) in [5, 5.41) is 3.03. The van der Waals surface area contributed by atoms with Crippen molar-refractivity contribution in [2.24, 2.45) is 0 Å². The van der Waals surface area contributed by atoms with Gasteiger partial charge in [0.05, 0.1) is 12.1 Å². The van der Waals surface area contributed by atoms with E-state index in [1.807, 2.05) is 4.90 Å². The highest BCUT2D eigenvalue weighted by atomic mass is 16.2. The number of carbonyl (C=O) groups excluding carboxylic acids is 1. The minimum absolute atomic E-state index is 0.0943. The SMILES string of the molecule is C=CCN1C(=O)NC2CCCCC21. The Kier molecular flexibility index (Phi) is 2.25. The molecule has 0 radical (unpaired) electrons. The summed E-state index contributed by atoms with van der Waals surface area (Å²) in [7, 11) is 0. The van der Waals surface area contributed by atoms with Crippen molar-refractivity contribution >= 4 is 6.03 Å². The molecule has 1 aliphatic carbocycles. The second-order valence-corrected chi connectivity index (χ2v) is 3.85. The number of nitrogens with zero attached hydrogens (tertiary/aromatic N) is 1. The van der Waals surface area contributed by atoms with Crippen molar-refractivity contribution in [1.82, 2.24) is 10.2 Å². The fourth-order valence-corrected chi connectivity index (χ4v) is 2.40. The topological polar surface area (TPSA) is 32.3 Å². The third kappa shape index (κ3) is 1.43. The van der Waals surface area contributed by atoms with E-state index in [9.17, 15) is 4.79 Å². The second-order valence-electron chi connectivity index (χ2n) is 3.85. The minimum Gasteiger partial charge on any atom is -0.333 e. The lowest BCUT2D eigenvalue weighted by molar-refractivity contribution is 0.199. The molecule has 3 nitrogen and oxygen atoms in total. The van der Waals surface area contributed by atoms with E-state index in [1.54, 1.807) is 6.08 Å². The van der Waals surface area contributed by atoms with Crippen LogP contribution in [-0.4, -0.2) is 29.6 Å². The highest BCUT2D eigenvalue weighted by molar-refractivity contribution is 5.77. The molecule has 0 aromatic carbocycles. The van der Waals surface area contributed by atoms with Crippen LogP contribution in [0.4, 0.5) is 4.79 Å². The number of urea groups is 1. The number of hydrogen-bond donors (Lipinski definition) is 1. The molecule has 2 atom stereocenters. The smallest absolute Gasteiger partial charge is 0.318 e. The van der Waals surface area contributed by atoms with Gasteiger partial charge in [0.15, 0.2) is 0 Å². The molecule has 1 aliphatic heterocycles. The molecule has 1 heterocycles. The Bertz CT molecular complexity index is 227. The first-order valence-electron chi connectivity index (χ1n) is 5.01. The molecule has 13 heavy (non-hydrogen) atoms. The largest absolute Gasteiger partial charge is 0.333 e. The summed E-state index contributed by atoms with van der Waals surface area (Å²) in [6.45, 7) is 4.36. The van der Waals surface area contributed by atoms with Crippen LogP contribution in [0, 0.1) is 0 Å². The van der Waals surface area contributed by atoms with E-state index < -0.39 is 0 Å². The van der Waals surface area contributed by atoms with Crippen LogP contribution in [0.25, 0.3) is 0 Å². The van der Waals surface area contributed by atoms with Gasteiger partial charge in [0.25, 0.3) is 0 Å². The molecule has 1 N–H and O–H groups in total. The maximum absolute atomic E-state index is 11.5. The summed E-state index contributed by atoms with van der Waals surface area (Å²) >= 11 is 0. The average Bonchev–Trinajstić information content (AvgIpc) is 2.44. The third-order valence-electron chi connectivity index (χ3n) is 3.03. The average molecular weight is 180 g/mol. The lowest BCUT2D eigenvalue weighted by Gasteiger charge is -2.29. The predicted molar refractivity (Wildman–Crippen MR) is 51.5 cm³/mol. The monoisotopic (exact) mass is 180 g/mol. The van der Waals surface area contributed by atoms with Crippen molar-refractivity contribution < 1.29 is 4.79 Å². The number of nitrogens with one attached hydrogen (secondary N) is 1. The summed E-state index contributed by atoms with van der Waals surface area (Å²) < 4.78 is 0. The molecule has 2 amide bonds. The van der Waals surface area contributed by atoms with Gasteiger partial charge in [-0.1, -0.05) is 18.9 Å². The number of carbonyl (C=O) groups is 1. The fourth-order valence-electron chi connectivity index (χ4n) is 2.40. The Balaban J connectivity index is 2.08. The highest BCUT2D eigenvalue weighted by Gasteiger charge is 2.39. The van der Waals surface area contributed by atoms with E-state index in [2.05, 4.69) is 11.9 Å². The van der Waals surface area contributed by atoms with Crippen molar-refractivity contribution in [1.29, 1.82) is 0 Å². The Morgan fingerprint density at radius 1 is 1.54 bits per heavy atom. The first-order chi connectivity index (χ1) is 6.33. The van der Waals surface area contributed by atoms with E-state index in [-0.39, 0.29) is 6.03 Å². The Hall–Kier alpha value is -0.990. The van der Waals surface area contributed by atoms with Gasteiger partial charge in [-0.05, 0) is 12.8 Å². The number of rotatable bonds is 2. The first kappa shape index (κ1) is 8.60. The van der Waals surface area contributed by atoms with Gasteiger partial charge in [-0.3, -0.25) is 0 Å².